The number of pyridine rings is 1. The lowest BCUT2D eigenvalue weighted by atomic mass is 10.1. The van der Waals surface area contributed by atoms with Crippen LogP contribution in [0.3, 0.4) is 0 Å². The minimum absolute atomic E-state index is 0.604. The number of fused-ring (bicyclic) bond motifs is 10. The number of hydrogen-bond donors (Lipinski definition) is 0. The zero-order valence-electron chi connectivity index (χ0n) is 22.6. The summed E-state index contributed by atoms with van der Waals surface area (Å²) < 4.78 is 10.8. The highest BCUT2D eigenvalue weighted by Gasteiger charge is 2.20. The van der Waals surface area contributed by atoms with Crippen molar-refractivity contribution in [2.24, 2.45) is 0 Å². The molecule has 6 heteroatoms. The van der Waals surface area contributed by atoms with Gasteiger partial charge in [-0.1, -0.05) is 42.5 Å². The largest absolute Gasteiger partial charge is 0.455 e. The molecular formula is C37H19N5O. The zero-order chi connectivity index (χ0) is 28.7. The number of rotatable bonds is 2. The third-order valence-electron chi connectivity index (χ3n) is 8.38. The van der Waals surface area contributed by atoms with E-state index < -0.39 is 0 Å². The van der Waals surface area contributed by atoms with Gasteiger partial charge >= 0.3 is 0 Å². The molecule has 4 aromatic heterocycles. The Hall–Kier alpha value is -6.37. The van der Waals surface area contributed by atoms with Crippen molar-refractivity contribution in [2.75, 3.05) is 0 Å². The fourth-order valence-corrected chi connectivity index (χ4v) is 6.55. The van der Waals surface area contributed by atoms with E-state index >= 15 is 0 Å². The summed E-state index contributed by atoms with van der Waals surface area (Å²) in [5, 5.41) is 25.1. The quantitative estimate of drug-likeness (QED) is 0.215. The smallest absolute Gasteiger partial charge is 0.145 e. The van der Waals surface area contributed by atoms with E-state index in [-0.39, 0.29) is 0 Å². The summed E-state index contributed by atoms with van der Waals surface area (Å²) >= 11 is 0. The van der Waals surface area contributed by atoms with Gasteiger partial charge in [0.25, 0.3) is 0 Å². The standard InChI is InChI=1S/C37H19N5O/c38-20-22-12-15-31-27(18-22)24-6-1-3-8-29(24)41(31)34-10-5-11-35(40-34)42-30-9-4-2-7-26(30)36-32(42)16-14-25-28-19-23(21-39)13-17-33(28)43-37(25)36/h1-19H. The SMILES string of the molecule is N#Cc1ccc2oc3c(ccc4c3c3ccccc3n4-c3cccc(-n4c5ccccc5c5cc(C#N)ccc54)n3)c2c1. The van der Waals surface area contributed by atoms with Gasteiger partial charge in [0.2, 0.25) is 0 Å². The molecular weight excluding hydrogens is 530 g/mol. The predicted molar refractivity (Wildman–Crippen MR) is 170 cm³/mol. The van der Waals surface area contributed by atoms with Crippen LogP contribution in [0, 0.1) is 22.7 Å². The highest BCUT2D eigenvalue weighted by atomic mass is 16.3. The van der Waals surface area contributed by atoms with Crippen LogP contribution in [0.25, 0.3) is 77.2 Å². The molecule has 0 N–H and O–H groups in total. The van der Waals surface area contributed by atoms with Gasteiger partial charge in [-0.2, -0.15) is 10.5 Å². The van der Waals surface area contributed by atoms with E-state index in [1.54, 1.807) is 6.07 Å². The van der Waals surface area contributed by atoms with E-state index in [0.717, 1.165) is 77.2 Å². The summed E-state index contributed by atoms with van der Waals surface area (Å²) in [6.07, 6.45) is 0. The molecule has 9 aromatic rings. The van der Waals surface area contributed by atoms with E-state index in [1.807, 2.05) is 72.8 Å². The van der Waals surface area contributed by atoms with Gasteiger partial charge in [0.05, 0.1) is 50.7 Å². The molecule has 5 aromatic carbocycles. The molecule has 4 heterocycles. The molecule has 0 aliphatic heterocycles. The third kappa shape index (κ3) is 3.18. The lowest BCUT2D eigenvalue weighted by Gasteiger charge is -2.11. The van der Waals surface area contributed by atoms with Crippen molar-refractivity contribution in [3.8, 4) is 23.8 Å². The van der Waals surface area contributed by atoms with Crippen molar-refractivity contribution in [3.05, 3.63) is 126 Å². The fourth-order valence-electron chi connectivity index (χ4n) is 6.55. The zero-order valence-corrected chi connectivity index (χ0v) is 22.6. The first-order chi connectivity index (χ1) is 21.2. The molecule has 0 bridgehead atoms. The summed E-state index contributed by atoms with van der Waals surface area (Å²) in [4.78, 5) is 5.24. The topological polar surface area (TPSA) is 83.5 Å². The van der Waals surface area contributed by atoms with Gasteiger partial charge in [0.1, 0.15) is 22.8 Å². The van der Waals surface area contributed by atoms with Gasteiger partial charge in [-0.25, -0.2) is 4.98 Å². The van der Waals surface area contributed by atoms with Crippen LogP contribution in [0.5, 0.6) is 0 Å². The molecule has 0 atom stereocenters. The maximum atomic E-state index is 9.55. The van der Waals surface area contributed by atoms with E-state index in [0.29, 0.717) is 11.1 Å². The molecule has 9 rings (SSSR count). The van der Waals surface area contributed by atoms with E-state index in [1.165, 1.54) is 0 Å². The number of benzene rings is 5. The van der Waals surface area contributed by atoms with E-state index in [4.69, 9.17) is 9.40 Å². The first-order valence-corrected chi connectivity index (χ1v) is 13.9. The fraction of sp³-hybridized carbons (Fsp3) is 0. The monoisotopic (exact) mass is 549 g/mol. The molecule has 198 valence electrons. The lowest BCUT2D eigenvalue weighted by Crippen LogP contribution is -2.03. The Kier molecular flexibility index (Phi) is 4.65. The van der Waals surface area contributed by atoms with Crippen molar-refractivity contribution < 1.29 is 4.42 Å². The molecule has 0 saturated heterocycles. The Balaban J connectivity index is 1.34. The van der Waals surface area contributed by atoms with Crippen molar-refractivity contribution in [1.29, 1.82) is 10.5 Å². The van der Waals surface area contributed by atoms with Gasteiger partial charge in [-0.05, 0) is 72.8 Å². The van der Waals surface area contributed by atoms with Gasteiger partial charge in [-0.3, -0.25) is 9.13 Å². The van der Waals surface area contributed by atoms with Crippen LogP contribution in [-0.2, 0) is 0 Å². The first kappa shape index (κ1) is 23.3. The Morgan fingerprint density at radius 3 is 1.88 bits per heavy atom. The van der Waals surface area contributed by atoms with Crippen LogP contribution in [0.2, 0.25) is 0 Å². The maximum Gasteiger partial charge on any atom is 0.145 e. The third-order valence-corrected chi connectivity index (χ3v) is 8.38. The summed E-state index contributed by atoms with van der Waals surface area (Å²) in [5.74, 6) is 1.57. The van der Waals surface area contributed by atoms with Crippen LogP contribution in [0.1, 0.15) is 11.1 Å². The second kappa shape index (κ2) is 8.57. The summed E-state index contributed by atoms with van der Waals surface area (Å²) in [7, 11) is 0. The maximum absolute atomic E-state index is 9.55. The Bertz CT molecular complexity index is 2710. The summed E-state index contributed by atoms with van der Waals surface area (Å²) in [6, 6.07) is 42.7. The molecule has 6 nitrogen and oxygen atoms in total. The molecule has 0 saturated carbocycles. The molecule has 43 heavy (non-hydrogen) atoms. The van der Waals surface area contributed by atoms with Crippen LogP contribution in [0.4, 0.5) is 0 Å². The highest BCUT2D eigenvalue weighted by molar-refractivity contribution is 6.23. The van der Waals surface area contributed by atoms with Gasteiger partial charge < -0.3 is 4.42 Å². The normalized spacial score (nSPS) is 11.7. The predicted octanol–water partition coefficient (Wildman–Crippen LogP) is 8.92. The molecule has 0 unspecified atom stereocenters. The lowest BCUT2D eigenvalue weighted by molar-refractivity contribution is 0.673. The molecule has 0 spiro atoms. The number of aromatic nitrogens is 3. The van der Waals surface area contributed by atoms with Gasteiger partial charge in [0.15, 0.2) is 0 Å². The summed E-state index contributed by atoms with van der Waals surface area (Å²) in [5.41, 5.74) is 6.81. The average molecular weight is 550 g/mol. The Morgan fingerprint density at radius 1 is 0.512 bits per heavy atom. The van der Waals surface area contributed by atoms with Gasteiger partial charge in [0, 0.05) is 26.9 Å². The Morgan fingerprint density at radius 2 is 1.12 bits per heavy atom. The van der Waals surface area contributed by atoms with Crippen LogP contribution in [-0.4, -0.2) is 14.1 Å². The molecule has 0 amide bonds. The minimum atomic E-state index is 0.604. The van der Waals surface area contributed by atoms with Crippen LogP contribution in [0.15, 0.2) is 120 Å². The Labute approximate surface area is 244 Å². The van der Waals surface area contributed by atoms with Gasteiger partial charge in [-0.15, -0.1) is 0 Å². The minimum Gasteiger partial charge on any atom is -0.455 e. The number of furan rings is 1. The average Bonchev–Trinajstić information content (AvgIpc) is 3.71. The van der Waals surface area contributed by atoms with Crippen molar-refractivity contribution in [1.82, 2.24) is 14.1 Å². The van der Waals surface area contributed by atoms with E-state index in [2.05, 4.69) is 57.7 Å². The number of hydrogen-bond acceptors (Lipinski definition) is 4. The van der Waals surface area contributed by atoms with Crippen molar-refractivity contribution in [2.45, 2.75) is 0 Å². The molecule has 0 radical (unpaired) electrons. The summed E-state index contributed by atoms with van der Waals surface area (Å²) in [6.45, 7) is 0. The number of nitriles is 2. The first-order valence-electron chi connectivity index (χ1n) is 13.9. The highest BCUT2D eigenvalue weighted by Crippen LogP contribution is 2.41. The molecule has 0 aliphatic carbocycles. The van der Waals surface area contributed by atoms with E-state index in [9.17, 15) is 10.5 Å². The molecule has 0 fully saturated rings. The van der Waals surface area contributed by atoms with Crippen LogP contribution >= 0.6 is 0 Å². The second-order valence-corrected chi connectivity index (χ2v) is 10.7. The van der Waals surface area contributed by atoms with Crippen molar-refractivity contribution >= 4 is 65.6 Å². The number of nitrogens with zero attached hydrogens (tertiary/aromatic N) is 5. The number of para-hydroxylation sites is 2. The second-order valence-electron chi connectivity index (χ2n) is 10.7. The molecule has 0 aliphatic rings. The van der Waals surface area contributed by atoms with Crippen LogP contribution < -0.4 is 0 Å². The van der Waals surface area contributed by atoms with Crippen molar-refractivity contribution in [3.63, 3.8) is 0 Å².